The molecule has 2 heterocycles. The lowest BCUT2D eigenvalue weighted by molar-refractivity contribution is 0.0658. The van der Waals surface area contributed by atoms with Gasteiger partial charge in [-0.25, -0.2) is 4.39 Å². The predicted octanol–water partition coefficient (Wildman–Crippen LogP) is 4.42. The summed E-state index contributed by atoms with van der Waals surface area (Å²) in [6.07, 6.45) is 4.05. The van der Waals surface area contributed by atoms with Crippen LogP contribution in [-0.4, -0.2) is 29.1 Å². The number of benzene rings is 1. The van der Waals surface area contributed by atoms with E-state index in [0.29, 0.717) is 11.6 Å². The van der Waals surface area contributed by atoms with Crippen LogP contribution in [0.2, 0.25) is 0 Å². The summed E-state index contributed by atoms with van der Waals surface area (Å²) in [4.78, 5) is 14.5. The first kappa shape index (κ1) is 17.6. The first-order chi connectivity index (χ1) is 12.0. The second-order valence-corrected chi connectivity index (χ2v) is 7.19. The van der Waals surface area contributed by atoms with Gasteiger partial charge in [0.15, 0.2) is 5.69 Å². The molecule has 3 rings (SSSR count). The third-order valence-corrected chi connectivity index (χ3v) is 4.88. The van der Waals surface area contributed by atoms with Crippen LogP contribution in [0.4, 0.5) is 4.39 Å². The molecule has 0 spiro atoms. The van der Waals surface area contributed by atoms with Crippen molar-refractivity contribution < 1.29 is 13.7 Å². The van der Waals surface area contributed by atoms with Crippen LogP contribution in [0.15, 0.2) is 34.9 Å². The van der Waals surface area contributed by atoms with E-state index in [-0.39, 0.29) is 17.6 Å². The van der Waals surface area contributed by atoms with E-state index in [0.717, 1.165) is 50.1 Å². The molecule has 1 aromatic heterocycles. The van der Waals surface area contributed by atoms with Gasteiger partial charge in [0, 0.05) is 25.1 Å². The number of aryl methyl sites for hydroxylation is 1. The number of piperidine rings is 1. The highest BCUT2D eigenvalue weighted by molar-refractivity contribution is 5.92. The van der Waals surface area contributed by atoms with Gasteiger partial charge in [-0.1, -0.05) is 31.1 Å². The number of nitrogens with zero attached hydrogens (tertiary/aromatic N) is 2. The van der Waals surface area contributed by atoms with Crippen molar-refractivity contribution in [1.29, 1.82) is 0 Å². The lowest BCUT2D eigenvalue weighted by Gasteiger charge is -2.32. The van der Waals surface area contributed by atoms with Gasteiger partial charge in [0.25, 0.3) is 5.91 Å². The third kappa shape index (κ3) is 4.47. The van der Waals surface area contributed by atoms with E-state index in [9.17, 15) is 9.18 Å². The quantitative estimate of drug-likeness (QED) is 0.806. The molecule has 1 atom stereocenters. The molecule has 0 unspecified atom stereocenters. The minimum absolute atomic E-state index is 0.0397. The number of hydrogen-bond acceptors (Lipinski definition) is 3. The molecule has 1 fully saturated rings. The molecule has 0 N–H and O–H groups in total. The van der Waals surface area contributed by atoms with Crippen molar-refractivity contribution >= 4 is 5.91 Å². The molecule has 5 heteroatoms. The number of carbonyl (C=O) groups is 1. The summed E-state index contributed by atoms with van der Waals surface area (Å²) in [5.74, 6) is 1.19. The van der Waals surface area contributed by atoms with Gasteiger partial charge in [-0.15, -0.1) is 0 Å². The maximum atomic E-state index is 13.0. The summed E-state index contributed by atoms with van der Waals surface area (Å²) >= 11 is 0. The van der Waals surface area contributed by atoms with Gasteiger partial charge in [-0.2, -0.15) is 0 Å². The zero-order valence-electron chi connectivity index (χ0n) is 14.9. The zero-order chi connectivity index (χ0) is 17.8. The average Bonchev–Trinajstić information content (AvgIpc) is 3.11. The molecular formula is C20H25FN2O2. The molecule has 25 heavy (non-hydrogen) atoms. The molecule has 4 nitrogen and oxygen atoms in total. The van der Waals surface area contributed by atoms with Crippen molar-refractivity contribution in [3.8, 4) is 0 Å². The fraction of sp³-hybridized carbons (Fsp3) is 0.500. The molecule has 1 saturated heterocycles. The number of hydrogen-bond donors (Lipinski definition) is 0. The Hall–Kier alpha value is -2.17. The Morgan fingerprint density at radius 3 is 2.80 bits per heavy atom. The molecular weight excluding hydrogens is 319 g/mol. The Morgan fingerprint density at radius 1 is 1.36 bits per heavy atom. The fourth-order valence-corrected chi connectivity index (χ4v) is 3.33. The minimum atomic E-state index is -0.202. The van der Waals surface area contributed by atoms with Gasteiger partial charge in [0.2, 0.25) is 0 Å². The molecule has 0 bridgehead atoms. The van der Waals surface area contributed by atoms with Crippen molar-refractivity contribution in [1.82, 2.24) is 10.1 Å². The van der Waals surface area contributed by atoms with Crippen molar-refractivity contribution in [2.24, 2.45) is 5.92 Å². The number of rotatable bonds is 5. The van der Waals surface area contributed by atoms with Gasteiger partial charge in [0.1, 0.15) is 11.6 Å². The van der Waals surface area contributed by atoms with Gasteiger partial charge >= 0.3 is 0 Å². The van der Waals surface area contributed by atoms with E-state index < -0.39 is 0 Å². The summed E-state index contributed by atoms with van der Waals surface area (Å²) in [6, 6.07) is 8.44. The van der Waals surface area contributed by atoms with E-state index in [1.807, 2.05) is 30.9 Å². The zero-order valence-corrected chi connectivity index (χ0v) is 14.9. The van der Waals surface area contributed by atoms with Gasteiger partial charge in [-0.05, 0) is 49.3 Å². The summed E-state index contributed by atoms with van der Waals surface area (Å²) in [5.41, 5.74) is 1.55. The molecule has 1 aromatic carbocycles. The smallest absolute Gasteiger partial charge is 0.276 e. The highest BCUT2D eigenvalue weighted by Gasteiger charge is 2.26. The van der Waals surface area contributed by atoms with E-state index in [4.69, 9.17) is 4.52 Å². The highest BCUT2D eigenvalue weighted by Crippen LogP contribution is 2.24. The first-order valence-electron chi connectivity index (χ1n) is 9.03. The summed E-state index contributed by atoms with van der Waals surface area (Å²) < 4.78 is 18.2. The first-order valence-corrected chi connectivity index (χ1v) is 9.03. The van der Waals surface area contributed by atoms with Crippen LogP contribution in [0.25, 0.3) is 0 Å². The molecule has 0 saturated carbocycles. The number of carbonyl (C=O) groups excluding carboxylic acids is 1. The van der Waals surface area contributed by atoms with Gasteiger partial charge in [0.05, 0.1) is 0 Å². The normalized spacial score (nSPS) is 17.9. The van der Waals surface area contributed by atoms with Crippen LogP contribution < -0.4 is 0 Å². The monoisotopic (exact) mass is 344 g/mol. The fourth-order valence-electron chi connectivity index (χ4n) is 3.33. The molecule has 0 aliphatic carbocycles. The molecule has 134 valence electrons. The van der Waals surface area contributed by atoms with Gasteiger partial charge < -0.3 is 9.42 Å². The van der Waals surface area contributed by atoms with Crippen molar-refractivity contribution in [2.75, 3.05) is 13.1 Å². The highest BCUT2D eigenvalue weighted by atomic mass is 19.1. The second-order valence-electron chi connectivity index (χ2n) is 7.19. The van der Waals surface area contributed by atoms with Crippen LogP contribution in [-0.2, 0) is 6.42 Å². The molecule has 2 aromatic rings. The lowest BCUT2D eigenvalue weighted by atomic mass is 9.91. The van der Waals surface area contributed by atoms with Crippen molar-refractivity contribution in [3.05, 3.63) is 53.2 Å². The predicted molar refractivity (Wildman–Crippen MR) is 93.9 cm³/mol. The number of amides is 1. The van der Waals surface area contributed by atoms with E-state index in [2.05, 4.69) is 5.16 Å². The maximum absolute atomic E-state index is 13.0. The van der Waals surface area contributed by atoms with Crippen molar-refractivity contribution in [2.45, 2.75) is 45.4 Å². The van der Waals surface area contributed by atoms with Crippen LogP contribution in [0.3, 0.4) is 0 Å². The van der Waals surface area contributed by atoms with E-state index in [1.54, 1.807) is 6.07 Å². The number of halogens is 1. The second kappa shape index (κ2) is 7.81. The Morgan fingerprint density at radius 2 is 2.12 bits per heavy atom. The average molecular weight is 344 g/mol. The Bertz CT molecular complexity index is 709. The summed E-state index contributed by atoms with van der Waals surface area (Å²) in [5, 5.41) is 3.94. The minimum Gasteiger partial charge on any atom is -0.360 e. The lowest BCUT2D eigenvalue weighted by Crippen LogP contribution is -2.40. The largest absolute Gasteiger partial charge is 0.360 e. The molecule has 1 aliphatic rings. The Balaban J connectivity index is 1.56. The molecule has 1 aliphatic heterocycles. The Labute approximate surface area is 148 Å². The maximum Gasteiger partial charge on any atom is 0.276 e. The van der Waals surface area contributed by atoms with E-state index in [1.165, 1.54) is 12.1 Å². The van der Waals surface area contributed by atoms with Crippen LogP contribution >= 0.6 is 0 Å². The van der Waals surface area contributed by atoms with Gasteiger partial charge in [-0.3, -0.25) is 4.79 Å². The van der Waals surface area contributed by atoms with E-state index >= 15 is 0 Å². The van der Waals surface area contributed by atoms with Crippen molar-refractivity contribution in [3.63, 3.8) is 0 Å². The number of likely N-dealkylation sites (tertiary alicyclic amines) is 1. The van der Waals surface area contributed by atoms with Crippen LogP contribution in [0.5, 0.6) is 0 Å². The summed E-state index contributed by atoms with van der Waals surface area (Å²) in [6.45, 7) is 5.56. The Kier molecular flexibility index (Phi) is 5.51. The van der Waals surface area contributed by atoms with Crippen LogP contribution in [0.1, 0.15) is 60.8 Å². The SMILES string of the molecule is CC(C)c1cc(C(=O)N2CCC[C@H](CCc3ccc(F)cc3)C2)no1. The molecule has 0 radical (unpaired) electrons. The topological polar surface area (TPSA) is 46.3 Å². The third-order valence-electron chi connectivity index (χ3n) is 4.88. The number of aromatic nitrogens is 1. The van der Waals surface area contributed by atoms with Crippen LogP contribution in [0, 0.1) is 11.7 Å². The standard InChI is InChI=1S/C20H25FN2O2/c1-14(2)19-12-18(22-25-19)20(24)23-11-3-4-16(13-23)6-5-15-7-9-17(21)10-8-15/h7-10,12,14,16H,3-6,11,13H2,1-2H3/t16-/m1/s1. The molecule has 1 amide bonds. The summed E-state index contributed by atoms with van der Waals surface area (Å²) in [7, 11) is 0.